The van der Waals surface area contributed by atoms with Gasteiger partial charge in [-0.2, -0.15) is 0 Å². The van der Waals surface area contributed by atoms with E-state index in [-0.39, 0.29) is 0 Å². The van der Waals surface area contributed by atoms with E-state index in [0.717, 1.165) is 32.9 Å². The lowest BCUT2D eigenvalue weighted by Gasteiger charge is -2.25. The molecular weight excluding hydrogens is 202 g/mol. The summed E-state index contributed by atoms with van der Waals surface area (Å²) in [7, 11) is 2.10. The van der Waals surface area contributed by atoms with Crippen LogP contribution in [-0.4, -0.2) is 44.5 Å². The third kappa shape index (κ3) is 6.46. The summed E-state index contributed by atoms with van der Waals surface area (Å²) >= 11 is 0. The zero-order valence-corrected chi connectivity index (χ0v) is 10.9. The van der Waals surface area contributed by atoms with Gasteiger partial charge in [-0.3, -0.25) is 4.90 Å². The van der Waals surface area contributed by atoms with Gasteiger partial charge in [0.1, 0.15) is 0 Å². The van der Waals surface area contributed by atoms with Crippen LogP contribution in [0, 0.1) is 0 Å². The Morgan fingerprint density at radius 2 is 1.88 bits per heavy atom. The van der Waals surface area contributed by atoms with Crippen molar-refractivity contribution in [1.29, 1.82) is 0 Å². The van der Waals surface area contributed by atoms with Crippen LogP contribution in [0.2, 0.25) is 0 Å². The van der Waals surface area contributed by atoms with E-state index in [1.165, 1.54) is 32.1 Å². The van der Waals surface area contributed by atoms with Crippen molar-refractivity contribution in [3.05, 3.63) is 0 Å². The van der Waals surface area contributed by atoms with Crippen molar-refractivity contribution in [2.24, 2.45) is 0 Å². The summed E-state index contributed by atoms with van der Waals surface area (Å²) in [5.74, 6) is 0. The molecule has 0 amide bonds. The van der Waals surface area contributed by atoms with E-state index in [0.29, 0.717) is 6.10 Å². The van der Waals surface area contributed by atoms with Crippen LogP contribution in [0.3, 0.4) is 0 Å². The highest BCUT2D eigenvalue weighted by atomic mass is 16.5. The van der Waals surface area contributed by atoms with Gasteiger partial charge in [-0.15, -0.1) is 0 Å². The summed E-state index contributed by atoms with van der Waals surface area (Å²) in [5.41, 5.74) is 0. The quantitative estimate of drug-likeness (QED) is 0.472. The van der Waals surface area contributed by atoms with Crippen LogP contribution in [0.1, 0.15) is 45.4 Å². The van der Waals surface area contributed by atoms with Crippen molar-refractivity contribution < 1.29 is 9.47 Å². The molecule has 0 aromatic carbocycles. The van der Waals surface area contributed by atoms with Crippen LogP contribution in [0.15, 0.2) is 0 Å². The highest BCUT2D eigenvalue weighted by molar-refractivity contribution is 4.64. The first kappa shape index (κ1) is 13.9. The van der Waals surface area contributed by atoms with Crippen molar-refractivity contribution in [3.8, 4) is 0 Å². The van der Waals surface area contributed by atoms with Gasteiger partial charge >= 0.3 is 0 Å². The van der Waals surface area contributed by atoms with E-state index in [4.69, 9.17) is 9.47 Å². The molecule has 0 aromatic rings. The lowest BCUT2D eigenvalue weighted by molar-refractivity contribution is -0.0355. The summed E-state index contributed by atoms with van der Waals surface area (Å²) in [4.78, 5) is 2.20. The van der Waals surface area contributed by atoms with Crippen LogP contribution in [-0.2, 0) is 9.47 Å². The first-order valence-corrected chi connectivity index (χ1v) is 6.71. The molecule has 0 spiro atoms. The molecule has 0 aromatic heterocycles. The SMILES string of the molecule is CCCOCCN(C)COC1CCCCC1. The molecule has 0 aliphatic heterocycles. The maximum absolute atomic E-state index is 5.87. The van der Waals surface area contributed by atoms with Gasteiger partial charge in [0.25, 0.3) is 0 Å². The van der Waals surface area contributed by atoms with Crippen molar-refractivity contribution in [1.82, 2.24) is 4.90 Å². The average Bonchev–Trinajstić information content (AvgIpc) is 2.33. The highest BCUT2D eigenvalue weighted by Crippen LogP contribution is 2.20. The molecule has 0 bridgehead atoms. The summed E-state index contributed by atoms with van der Waals surface area (Å²) in [6.07, 6.45) is 8.18. The Bertz CT molecular complexity index is 158. The maximum Gasteiger partial charge on any atom is 0.0992 e. The Morgan fingerprint density at radius 3 is 2.56 bits per heavy atom. The van der Waals surface area contributed by atoms with Gasteiger partial charge in [0.15, 0.2) is 0 Å². The molecular formula is C13H27NO2. The summed E-state index contributed by atoms with van der Waals surface area (Å²) in [6.45, 7) is 5.54. The average molecular weight is 229 g/mol. The first-order valence-electron chi connectivity index (χ1n) is 6.71. The smallest absolute Gasteiger partial charge is 0.0992 e. The minimum Gasteiger partial charge on any atom is -0.380 e. The van der Waals surface area contributed by atoms with Gasteiger partial charge in [0.05, 0.1) is 19.4 Å². The fraction of sp³-hybridized carbons (Fsp3) is 1.00. The van der Waals surface area contributed by atoms with E-state index >= 15 is 0 Å². The van der Waals surface area contributed by atoms with E-state index in [2.05, 4.69) is 18.9 Å². The summed E-state index contributed by atoms with van der Waals surface area (Å²) in [5, 5.41) is 0. The fourth-order valence-corrected chi connectivity index (χ4v) is 2.00. The van der Waals surface area contributed by atoms with Gasteiger partial charge in [0, 0.05) is 13.2 Å². The molecule has 1 saturated carbocycles. The van der Waals surface area contributed by atoms with Gasteiger partial charge in [-0.05, 0) is 26.3 Å². The second-order valence-corrected chi connectivity index (χ2v) is 4.75. The second-order valence-electron chi connectivity index (χ2n) is 4.75. The van der Waals surface area contributed by atoms with E-state index in [1.807, 2.05) is 0 Å². The molecule has 96 valence electrons. The first-order chi connectivity index (χ1) is 7.83. The van der Waals surface area contributed by atoms with E-state index in [1.54, 1.807) is 0 Å². The van der Waals surface area contributed by atoms with Gasteiger partial charge < -0.3 is 9.47 Å². The lowest BCUT2D eigenvalue weighted by atomic mass is 9.98. The predicted octanol–water partition coefficient (Wildman–Crippen LogP) is 2.65. The van der Waals surface area contributed by atoms with Crippen LogP contribution >= 0.6 is 0 Å². The molecule has 0 N–H and O–H groups in total. The molecule has 1 fully saturated rings. The monoisotopic (exact) mass is 229 g/mol. The van der Waals surface area contributed by atoms with Crippen LogP contribution in [0.25, 0.3) is 0 Å². The largest absolute Gasteiger partial charge is 0.380 e. The number of hydrogen-bond acceptors (Lipinski definition) is 3. The van der Waals surface area contributed by atoms with Crippen molar-refractivity contribution in [3.63, 3.8) is 0 Å². The molecule has 0 atom stereocenters. The molecule has 1 aliphatic carbocycles. The normalized spacial score (nSPS) is 18.2. The van der Waals surface area contributed by atoms with Crippen molar-refractivity contribution in [2.45, 2.75) is 51.6 Å². The Hall–Kier alpha value is -0.120. The number of rotatable bonds is 8. The van der Waals surface area contributed by atoms with Crippen LogP contribution in [0.4, 0.5) is 0 Å². The molecule has 0 heterocycles. The standard InChI is InChI=1S/C13H27NO2/c1-3-10-15-11-9-14(2)12-16-13-7-5-4-6-8-13/h13H,3-12H2,1-2H3. The third-order valence-electron chi connectivity index (χ3n) is 3.05. The number of nitrogens with zero attached hydrogens (tertiary/aromatic N) is 1. The Morgan fingerprint density at radius 1 is 1.12 bits per heavy atom. The molecule has 0 saturated heterocycles. The zero-order chi connectivity index (χ0) is 11.6. The number of ether oxygens (including phenoxy) is 2. The fourth-order valence-electron chi connectivity index (χ4n) is 2.00. The number of likely N-dealkylation sites (N-methyl/N-ethyl adjacent to an activating group) is 1. The topological polar surface area (TPSA) is 21.7 Å². The Balaban J connectivity index is 1.94. The molecule has 0 radical (unpaired) electrons. The molecule has 1 rings (SSSR count). The van der Waals surface area contributed by atoms with E-state index in [9.17, 15) is 0 Å². The molecule has 16 heavy (non-hydrogen) atoms. The molecule has 0 unspecified atom stereocenters. The highest BCUT2D eigenvalue weighted by Gasteiger charge is 2.13. The second kappa shape index (κ2) is 8.97. The summed E-state index contributed by atoms with van der Waals surface area (Å²) < 4.78 is 11.3. The molecule has 3 heteroatoms. The third-order valence-corrected chi connectivity index (χ3v) is 3.05. The van der Waals surface area contributed by atoms with Crippen molar-refractivity contribution >= 4 is 0 Å². The molecule has 1 aliphatic rings. The minimum atomic E-state index is 0.507. The Labute approximate surface area is 100 Å². The summed E-state index contributed by atoms with van der Waals surface area (Å²) in [6, 6.07) is 0. The van der Waals surface area contributed by atoms with Gasteiger partial charge in [-0.25, -0.2) is 0 Å². The minimum absolute atomic E-state index is 0.507. The zero-order valence-electron chi connectivity index (χ0n) is 10.9. The molecule has 3 nitrogen and oxygen atoms in total. The van der Waals surface area contributed by atoms with Crippen molar-refractivity contribution in [2.75, 3.05) is 33.5 Å². The van der Waals surface area contributed by atoms with Gasteiger partial charge in [0.2, 0.25) is 0 Å². The maximum atomic E-state index is 5.87. The Kier molecular flexibility index (Phi) is 7.81. The van der Waals surface area contributed by atoms with Crippen LogP contribution < -0.4 is 0 Å². The lowest BCUT2D eigenvalue weighted by Crippen LogP contribution is -2.29. The predicted molar refractivity (Wildman–Crippen MR) is 66.6 cm³/mol. The van der Waals surface area contributed by atoms with E-state index < -0.39 is 0 Å². The van der Waals surface area contributed by atoms with Crippen LogP contribution in [0.5, 0.6) is 0 Å². The van der Waals surface area contributed by atoms with Gasteiger partial charge in [-0.1, -0.05) is 26.2 Å². The number of hydrogen-bond donors (Lipinski definition) is 0.